The third kappa shape index (κ3) is 6.50. The number of hydrogen-bond acceptors (Lipinski definition) is 3. The third-order valence-electron chi connectivity index (χ3n) is 3.82. The van der Waals surface area contributed by atoms with Crippen molar-refractivity contribution in [2.75, 3.05) is 0 Å². The lowest BCUT2D eigenvalue weighted by Crippen LogP contribution is -2.72. The van der Waals surface area contributed by atoms with Gasteiger partial charge in [0, 0.05) is 12.3 Å². The highest BCUT2D eigenvalue weighted by atomic mass is 19.4. The number of nitrogens with two attached hydrogens (primary N) is 1. The van der Waals surface area contributed by atoms with Gasteiger partial charge >= 0.3 is 18.0 Å². The van der Waals surface area contributed by atoms with Gasteiger partial charge in [-0.2, -0.15) is 22.6 Å². The van der Waals surface area contributed by atoms with Gasteiger partial charge in [-0.25, -0.2) is 13.6 Å². The standard InChI is InChI=1S/C21H19F6N3O2/c1-20(2,3)32-19(31)29-16(10-28)18(21(25,26)27)30-17-14(8-13(23)9-15(17)24)11-4-6-12(22)7-5-11/h4-10H,28H2,1-3H3,(H,29,31)/p+1. The average molecular weight is 460 g/mol. The van der Waals surface area contributed by atoms with Crippen LogP contribution >= 0.6 is 0 Å². The van der Waals surface area contributed by atoms with Crippen molar-refractivity contribution in [2.24, 2.45) is 5.73 Å². The maximum atomic E-state index is 14.6. The van der Waals surface area contributed by atoms with Crippen molar-refractivity contribution in [3.05, 3.63) is 65.7 Å². The number of benzene rings is 2. The fourth-order valence-corrected chi connectivity index (χ4v) is 2.57. The summed E-state index contributed by atoms with van der Waals surface area (Å²) in [4.78, 5) is 13.8. The fraction of sp³-hybridized carbons (Fsp3) is 0.238. The summed E-state index contributed by atoms with van der Waals surface area (Å²) in [6.45, 7) is 4.48. The van der Waals surface area contributed by atoms with Gasteiger partial charge in [0.15, 0.2) is 5.82 Å². The minimum atomic E-state index is -5.15. The van der Waals surface area contributed by atoms with E-state index >= 15 is 0 Å². The third-order valence-corrected chi connectivity index (χ3v) is 3.82. The number of carbonyl (C=O) groups is 1. The summed E-state index contributed by atoms with van der Waals surface area (Å²) in [6, 6.07) is 5.38. The van der Waals surface area contributed by atoms with E-state index in [1.165, 1.54) is 20.8 Å². The number of hydrogen-bond donors (Lipinski definition) is 3. The van der Waals surface area contributed by atoms with Gasteiger partial charge in [-0.05, 0) is 44.5 Å². The van der Waals surface area contributed by atoms with Crippen LogP contribution in [0.1, 0.15) is 20.8 Å². The van der Waals surface area contributed by atoms with Crippen molar-refractivity contribution in [3.63, 3.8) is 0 Å². The first-order valence-corrected chi connectivity index (χ1v) is 9.09. The predicted octanol–water partition coefficient (Wildman–Crippen LogP) is 3.81. The molecule has 32 heavy (non-hydrogen) atoms. The molecule has 0 aliphatic heterocycles. The zero-order valence-electron chi connectivity index (χ0n) is 17.2. The molecular weight excluding hydrogens is 440 g/mol. The van der Waals surface area contributed by atoms with E-state index in [2.05, 4.69) is 0 Å². The lowest BCUT2D eigenvalue weighted by atomic mass is 10.0. The molecule has 2 aromatic carbocycles. The molecule has 1 amide bonds. The molecule has 0 saturated carbocycles. The average Bonchev–Trinajstić information content (AvgIpc) is 2.63. The van der Waals surface area contributed by atoms with Crippen LogP contribution < -0.4 is 16.0 Å². The molecule has 0 fully saturated rings. The van der Waals surface area contributed by atoms with Gasteiger partial charge in [-0.1, -0.05) is 12.1 Å². The summed E-state index contributed by atoms with van der Waals surface area (Å²) < 4.78 is 87.9. The Kier molecular flexibility index (Phi) is 7.22. The highest BCUT2D eigenvalue weighted by molar-refractivity contribution is 6.02. The summed E-state index contributed by atoms with van der Waals surface area (Å²) in [5.41, 5.74) is 0.604. The van der Waals surface area contributed by atoms with Crippen LogP contribution in [0, 0.1) is 17.5 Å². The van der Waals surface area contributed by atoms with Crippen LogP contribution in [0.25, 0.3) is 11.1 Å². The zero-order valence-corrected chi connectivity index (χ0v) is 17.2. The van der Waals surface area contributed by atoms with Crippen LogP contribution in [-0.4, -0.2) is 23.6 Å². The van der Waals surface area contributed by atoms with E-state index in [9.17, 15) is 31.1 Å². The Hall–Kier alpha value is -3.50. The molecule has 0 aliphatic carbocycles. The molecule has 11 heteroatoms. The number of allylic oxidation sites excluding steroid dienone is 1. The highest BCUT2D eigenvalue weighted by Crippen LogP contribution is 2.29. The van der Waals surface area contributed by atoms with Gasteiger partial charge in [-0.15, -0.1) is 0 Å². The Morgan fingerprint density at radius 2 is 1.62 bits per heavy atom. The molecule has 5 nitrogen and oxygen atoms in total. The number of nitrogens with one attached hydrogen (secondary N) is 2. The summed E-state index contributed by atoms with van der Waals surface area (Å²) in [5.74, 6) is -3.08. The number of alkyl halides is 3. The van der Waals surface area contributed by atoms with Gasteiger partial charge in [0.2, 0.25) is 5.69 Å². The molecular formula is C21H20F6N3O2+. The zero-order chi connectivity index (χ0) is 24.3. The first-order chi connectivity index (χ1) is 14.7. The van der Waals surface area contributed by atoms with E-state index in [-0.39, 0.29) is 11.1 Å². The van der Waals surface area contributed by atoms with E-state index in [0.717, 1.165) is 30.3 Å². The molecule has 0 aliphatic rings. The monoisotopic (exact) mass is 460 g/mol. The van der Waals surface area contributed by atoms with Crippen molar-refractivity contribution in [2.45, 2.75) is 32.5 Å². The van der Waals surface area contributed by atoms with E-state index in [0.29, 0.717) is 12.3 Å². The number of halogens is 6. The fourth-order valence-electron chi connectivity index (χ4n) is 2.57. The Morgan fingerprint density at radius 3 is 2.12 bits per heavy atom. The second-order valence-electron chi connectivity index (χ2n) is 7.52. The smallest absolute Gasteiger partial charge is 0.444 e. The topological polar surface area (TPSA) is 78.3 Å². The van der Waals surface area contributed by atoms with Crippen LogP contribution in [0.5, 0.6) is 0 Å². The second kappa shape index (κ2) is 9.33. The molecule has 0 saturated heterocycles. The molecule has 0 atom stereocenters. The Bertz CT molecular complexity index is 1050. The normalized spacial score (nSPS) is 13.2. The SMILES string of the molecule is CC(C)(C)OC(=O)NC(=CN)C(=[NH+]c1c(F)cc(F)cc1-c1ccc(F)cc1)C(F)(F)F. The van der Waals surface area contributed by atoms with Gasteiger partial charge in [0.05, 0.1) is 5.56 Å². The Balaban J connectivity index is 2.64. The van der Waals surface area contributed by atoms with Crippen molar-refractivity contribution >= 4 is 17.5 Å². The number of alkyl carbamates (subject to hydrolysis) is 1. The minimum absolute atomic E-state index is 0.0344. The van der Waals surface area contributed by atoms with Crippen LogP contribution in [0.15, 0.2) is 48.3 Å². The molecule has 0 radical (unpaired) electrons. The van der Waals surface area contributed by atoms with Crippen molar-refractivity contribution in [1.29, 1.82) is 0 Å². The van der Waals surface area contributed by atoms with Crippen molar-refractivity contribution in [1.82, 2.24) is 5.32 Å². The lowest BCUT2D eigenvalue weighted by molar-refractivity contribution is -0.369. The summed E-state index contributed by atoms with van der Waals surface area (Å²) >= 11 is 0. The lowest BCUT2D eigenvalue weighted by Gasteiger charge is -2.20. The number of rotatable bonds is 4. The van der Waals surface area contributed by atoms with Crippen LogP contribution in [0.3, 0.4) is 0 Å². The molecule has 0 heterocycles. The van der Waals surface area contributed by atoms with Gasteiger partial charge in [0.1, 0.15) is 22.9 Å². The van der Waals surface area contributed by atoms with E-state index in [1.807, 2.05) is 10.3 Å². The molecule has 0 bridgehead atoms. The Labute approximate surface area is 179 Å². The van der Waals surface area contributed by atoms with Crippen LogP contribution in [-0.2, 0) is 4.74 Å². The quantitative estimate of drug-likeness (QED) is 0.480. The van der Waals surface area contributed by atoms with E-state index in [1.54, 1.807) is 0 Å². The maximum Gasteiger partial charge on any atom is 0.479 e. The molecule has 4 N–H and O–H groups in total. The summed E-state index contributed by atoms with van der Waals surface area (Å²) in [6.07, 6.45) is -5.95. The van der Waals surface area contributed by atoms with Crippen molar-refractivity contribution < 1.29 is 40.9 Å². The number of ether oxygens (including phenoxy) is 1. The maximum absolute atomic E-state index is 14.6. The number of carbonyl (C=O) groups excluding carboxylic acids is 1. The molecule has 2 rings (SSSR count). The predicted molar refractivity (Wildman–Crippen MR) is 105 cm³/mol. The summed E-state index contributed by atoms with van der Waals surface area (Å²) in [5, 5.41) is 1.86. The largest absolute Gasteiger partial charge is 0.479 e. The molecule has 0 unspecified atom stereocenters. The first-order valence-electron chi connectivity index (χ1n) is 9.09. The van der Waals surface area contributed by atoms with E-state index < -0.39 is 52.4 Å². The van der Waals surface area contributed by atoms with Gasteiger partial charge in [-0.3, -0.25) is 5.32 Å². The van der Waals surface area contributed by atoms with Crippen molar-refractivity contribution in [3.8, 4) is 11.1 Å². The number of amides is 1. The van der Waals surface area contributed by atoms with Crippen LogP contribution in [0.2, 0.25) is 0 Å². The highest BCUT2D eigenvalue weighted by Gasteiger charge is 2.45. The molecule has 2 aromatic rings. The van der Waals surface area contributed by atoms with Gasteiger partial charge < -0.3 is 10.5 Å². The summed E-state index contributed by atoms with van der Waals surface area (Å²) in [7, 11) is 0. The molecule has 172 valence electrons. The first kappa shape index (κ1) is 24.8. The van der Waals surface area contributed by atoms with Gasteiger partial charge in [0.25, 0.3) is 0 Å². The Morgan fingerprint density at radius 1 is 1.03 bits per heavy atom. The molecule has 0 aromatic heterocycles. The van der Waals surface area contributed by atoms with Crippen LogP contribution in [0.4, 0.5) is 36.8 Å². The second-order valence-corrected chi connectivity index (χ2v) is 7.52. The van der Waals surface area contributed by atoms with E-state index in [4.69, 9.17) is 10.5 Å². The minimum Gasteiger partial charge on any atom is -0.444 e. The molecule has 0 spiro atoms.